The summed E-state index contributed by atoms with van der Waals surface area (Å²) in [7, 11) is 0. The molecule has 1 saturated carbocycles. The van der Waals surface area contributed by atoms with Gasteiger partial charge in [-0.15, -0.1) is 0 Å². The molecule has 6 heteroatoms. The third kappa shape index (κ3) is 2.70. The molecule has 17 heavy (non-hydrogen) atoms. The maximum Gasteiger partial charge on any atom is 0.324 e. The molecule has 0 bridgehead atoms. The fraction of sp³-hybridized carbons (Fsp3) is 0.909. The van der Waals surface area contributed by atoms with Gasteiger partial charge in [0.25, 0.3) is 0 Å². The van der Waals surface area contributed by atoms with Gasteiger partial charge in [0, 0.05) is 18.0 Å². The smallest absolute Gasteiger partial charge is 0.324 e. The second-order valence-electron chi connectivity index (χ2n) is 5.18. The Morgan fingerprint density at radius 2 is 2.12 bits per heavy atom. The molecular weight excluding hydrogens is 220 g/mol. The molecule has 2 N–H and O–H groups in total. The predicted molar refractivity (Wildman–Crippen MR) is 64.6 cm³/mol. The van der Waals surface area contributed by atoms with Crippen molar-refractivity contribution < 1.29 is 9.90 Å². The molecule has 1 unspecified atom stereocenters. The number of azide groups is 1. The summed E-state index contributed by atoms with van der Waals surface area (Å²) in [5, 5.41) is 16.0. The molecule has 0 aliphatic heterocycles. The molecule has 1 rings (SSSR count). The molecule has 0 amide bonds. The van der Waals surface area contributed by atoms with Gasteiger partial charge in [-0.1, -0.05) is 31.8 Å². The summed E-state index contributed by atoms with van der Waals surface area (Å²) in [6, 6.07) is 0. The highest BCUT2D eigenvalue weighted by Crippen LogP contribution is 2.43. The standard InChI is InChI=1S/C11H20N4O2/c1-10(2)5-3-4-6-11(10,9(16)17)13-7-8-14-15-12/h13H,3-8H2,1-2H3,(H,16,17). The first-order valence-corrected chi connectivity index (χ1v) is 5.95. The molecule has 96 valence electrons. The van der Waals surface area contributed by atoms with Crippen LogP contribution in [0.4, 0.5) is 0 Å². The van der Waals surface area contributed by atoms with Gasteiger partial charge in [0.1, 0.15) is 5.54 Å². The summed E-state index contributed by atoms with van der Waals surface area (Å²) in [4.78, 5) is 14.2. The van der Waals surface area contributed by atoms with Crippen LogP contribution >= 0.6 is 0 Å². The first kappa shape index (κ1) is 13.8. The number of hydrogen-bond acceptors (Lipinski definition) is 3. The largest absolute Gasteiger partial charge is 0.480 e. The lowest BCUT2D eigenvalue weighted by molar-refractivity contribution is -0.153. The molecule has 0 heterocycles. The number of hydrogen-bond donors (Lipinski definition) is 2. The van der Waals surface area contributed by atoms with Gasteiger partial charge in [-0.25, -0.2) is 0 Å². The van der Waals surface area contributed by atoms with E-state index >= 15 is 0 Å². The number of carboxylic acids is 1. The minimum absolute atomic E-state index is 0.279. The summed E-state index contributed by atoms with van der Waals surface area (Å²) >= 11 is 0. The van der Waals surface area contributed by atoms with Crippen molar-refractivity contribution in [1.29, 1.82) is 0 Å². The molecule has 0 aromatic rings. The normalized spacial score (nSPS) is 27.2. The van der Waals surface area contributed by atoms with Crippen molar-refractivity contribution in [2.24, 2.45) is 10.5 Å². The Kier molecular flexibility index (Phi) is 4.37. The molecule has 6 nitrogen and oxygen atoms in total. The zero-order valence-electron chi connectivity index (χ0n) is 10.4. The molecule has 1 aliphatic carbocycles. The van der Waals surface area contributed by atoms with Crippen molar-refractivity contribution in [3.8, 4) is 0 Å². The SMILES string of the molecule is CC1(C)CCCCC1(NCCN=[N+]=[N-])C(=O)O. The van der Waals surface area contributed by atoms with Crippen LogP contribution in [0, 0.1) is 5.41 Å². The van der Waals surface area contributed by atoms with Crippen LogP contribution in [0.15, 0.2) is 5.11 Å². The molecular formula is C11H20N4O2. The molecule has 0 saturated heterocycles. The molecule has 0 aromatic heterocycles. The Balaban J connectivity index is 2.80. The van der Waals surface area contributed by atoms with E-state index < -0.39 is 11.5 Å². The van der Waals surface area contributed by atoms with Crippen LogP contribution in [0.25, 0.3) is 10.4 Å². The summed E-state index contributed by atoms with van der Waals surface area (Å²) in [5.74, 6) is -0.803. The minimum Gasteiger partial charge on any atom is -0.480 e. The second-order valence-corrected chi connectivity index (χ2v) is 5.18. The zero-order valence-corrected chi connectivity index (χ0v) is 10.4. The lowest BCUT2D eigenvalue weighted by atomic mass is 9.63. The molecule has 1 atom stereocenters. The molecule has 1 fully saturated rings. The van der Waals surface area contributed by atoms with Gasteiger partial charge < -0.3 is 10.4 Å². The number of rotatable bonds is 5. The highest BCUT2D eigenvalue weighted by Gasteiger charge is 2.51. The monoisotopic (exact) mass is 240 g/mol. The van der Waals surface area contributed by atoms with E-state index in [-0.39, 0.29) is 12.0 Å². The van der Waals surface area contributed by atoms with Gasteiger partial charge in [0.2, 0.25) is 0 Å². The van der Waals surface area contributed by atoms with Crippen molar-refractivity contribution in [2.75, 3.05) is 13.1 Å². The Morgan fingerprint density at radius 3 is 2.65 bits per heavy atom. The highest BCUT2D eigenvalue weighted by atomic mass is 16.4. The van der Waals surface area contributed by atoms with Crippen LogP contribution in [0.2, 0.25) is 0 Å². The first-order valence-electron chi connectivity index (χ1n) is 5.95. The van der Waals surface area contributed by atoms with Gasteiger partial charge in [-0.2, -0.15) is 0 Å². The number of nitrogens with one attached hydrogen (secondary N) is 1. The lowest BCUT2D eigenvalue weighted by Gasteiger charge is -2.47. The number of carbonyl (C=O) groups is 1. The minimum atomic E-state index is -0.893. The van der Waals surface area contributed by atoms with Crippen LogP contribution in [0.1, 0.15) is 39.5 Å². The fourth-order valence-corrected chi connectivity index (χ4v) is 2.67. The number of aliphatic carboxylic acids is 1. The summed E-state index contributed by atoms with van der Waals surface area (Å²) in [6.45, 7) is 4.66. The molecule has 0 radical (unpaired) electrons. The quantitative estimate of drug-likeness (QED) is 0.334. The van der Waals surface area contributed by atoms with Crippen LogP contribution in [0.5, 0.6) is 0 Å². The Labute approximate surface area is 101 Å². The highest BCUT2D eigenvalue weighted by molar-refractivity contribution is 5.80. The van der Waals surface area contributed by atoms with Crippen molar-refractivity contribution >= 4 is 5.97 Å². The number of nitrogens with zero attached hydrogens (tertiary/aromatic N) is 3. The Bertz CT molecular complexity index is 336. The van der Waals surface area contributed by atoms with Gasteiger partial charge in [-0.3, -0.25) is 4.79 Å². The van der Waals surface area contributed by atoms with E-state index in [1.54, 1.807) is 0 Å². The fourth-order valence-electron chi connectivity index (χ4n) is 2.67. The summed E-state index contributed by atoms with van der Waals surface area (Å²) < 4.78 is 0. The van der Waals surface area contributed by atoms with Gasteiger partial charge in [0.15, 0.2) is 0 Å². The van der Waals surface area contributed by atoms with E-state index in [1.807, 2.05) is 13.8 Å². The maximum atomic E-state index is 11.6. The summed E-state index contributed by atoms with van der Waals surface area (Å²) in [6.07, 6.45) is 3.52. The maximum absolute atomic E-state index is 11.6. The van der Waals surface area contributed by atoms with Gasteiger partial charge in [0.05, 0.1) is 0 Å². The van der Waals surface area contributed by atoms with E-state index in [2.05, 4.69) is 15.3 Å². The third-order valence-electron chi connectivity index (χ3n) is 3.83. The van der Waals surface area contributed by atoms with Crippen LogP contribution < -0.4 is 5.32 Å². The topological polar surface area (TPSA) is 98.1 Å². The van der Waals surface area contributed by atoms with E-state index in [1.165, 1.54) is 0 Å². The Hall–Kier alpha value is -1.26. The average molecular weight is 240 g/mol. The van der Waals surface area contributed by atoms with Crippen molar-refractivity contribution in [3.63, 3.8) is 0 Å². The summed E-state index contributed by atoms with van der Waals surface area (Å²) in [5.41, 5.74) is 7.02. The van der Waals surface area contributed by atoms with Crippen molar-refractivity contribution in [1.82, 2.24) is 5.32 Å². The van der Waals surface area contributed by atoms with Crippen LogP contribution in [-0.4, -0.2) is 29.7 Å². The van der Waals surface area contributed by atoms with Crippen molar-refractivity contribution in [3.05, 3.63) is 10.4 Å². The second kappa shape index (κ2) is 5.38. The zero-order chi connectivity index (χ0) is 12.9. The molecule has 0 aromatic carbocycles. The average Bonchev–Trinajstić information content (AvgIpc) is 2.25. The van der Waals surface area contributed by atoms with Gasteiger partial charge in [-0.05, 0) is 23.8 Å². The lowest BCUT2D eigenvalue weighted by Crippen LogP contribution is -2.63. The van der Waals surface area contributed by atoms with E-state index in [0.29, 0.717) is 13.0 Å². The molecule has 0 spiro atoms. The predicted octanol–water partition coefficient (Wildman–Crippen LogP) is 2.31. The third-order valence-corrected chi connectivity index (χ3v) is 3.83. The van der Waals surface area contributed by atoms with Crippen molar-refractivity contribution in [2.45, 2.75) is 45.1 Å². The first-order chi connectivity index (χ1) is 7.96. The van der Waals surface area contributed by atoms with E-state index in [4.69, 9.17) is 5.53 Å². The van der Waals surface area contributed by atoms with E-state index in [9.17, 15) is 9.90 Å². The molecule has 1 aliphatic rings. The van der Waals surface area contributed by atoms with Crippen LogP contribution in [0.3, 0.4) is 0 Å². The number of carboxylic acid groups (broad SMARTS) is 1. The van der Waals surface area contributed by atoms with Gasteiger partial charge >= 0.3 is 5.97 Å². The van der Waals surface area contributed by atoms with E-state index in [0.717, 1.165) is 19.3 Å². The Morgan fingerprint density at radius 1 is 1.47 bits per heavy atom. The van der Waals surface area contributed by atoms with Crippen LogP contribution in [-0.2, 0) is 4.79 Å².